The SMILES string of the molecule is CCNC(=O)C1CCN(Cc2nnnn2C2CC2)CC1. The van der Waals surface area contributed by atoms with E-state index in [2.05, 4.69) is 25.7 Å². The lowest BCUT2D eigenvalue weighted by Crippen LogP contribution is -2.40. The number of hydrogen-bond donors (Lipinski definition) is 1. The highest BCUT2D eigenvalue weighted by Crippen LogP contribution is 2.34. The summed E-state index contributed by atoms with van der Waals surface area (Å²) in [6.45, 7) is 5.37. The van der Waals surface area contributed by atoms with E-state index in [9.17, 15) is 4.79 Å². The van der Waals surface area contributed by atoms with Crippen molar-refractivity contribution in [2.75, 3.05) is 19.6 Å². The largest absolute Gasteiger partial charge is 0.356 e. The van der Waals surface area contributed by atoms with E-state index >= 15 is 0 Å². The maximum absolute atomic E-state index is 11.8. The Morgan fingerprint density at radius 2 is 2.05 bits per heavy atom. The predicted molar refractivity (Wildman–Crippen MR) is 72.8 cm³/mol. The first-order chi connectivity index (χ1) is 9.78. The molecule has 1 saturated carbocycles. The highest BCUT2D eigenvalue weighted by Gasteiger charge is 2.30. The fraction of sp³-hybridized carbons (Fsp3) is 0.846. The molecule has 1 N–H and O–H groups in total. The van der Waals surface area contributed by atoms with Crippen molar-refractivity contribution < 1.29 is 4.79 Å². The van der Waals surface area contributed by atoms with Crippen LogP contribution >= 0.6 is 0 Å². The van der Waals surface area contributed by atoms with Gasteiger partial charge in [0.2, 0.25) is 5.91 Å². The number of carbonyl (C=O) groups is 1. The molecule has 1 aliphatic heterocycles. The lowest BCUT2D eigenvalue weighted by Gasteiger charge is -2.30. The summed E-state index contributed by atoms with van der Waals surface area (Å²) >= 11 is 0. The number of rotatable bonds is 5. The zero-order chi connectivity index (χ0) is 13.9. The van der Waals surface area contributed by atoms with Crippen LogP contribution in [0.2, 0.25) is 0 Å². The van der Waals surface area contributed by atoms with Gasteiger partial charge in [-0.15, -0.1) is 5.10 Å². The quantitative estimate of drug-likeness (QED) is 0.841. The molecule has 1 aromatic heterocycles. The molecule has 0 atom stereocenters. The minimum absolute atomic E-state index is 0.172. The number of tetrazole rings is 1. The minimum atomic E-state index is 0.172. The lowest BCUT2D eigenvalue weighted by molar-refractivity contribution is -0.126. The van der Waals surface area contributed by atoms with Crippen LogP contribution < -0.4 is 5.32 Å². The van der Waals surface area contributed by atoms with Gasteiger partial charge in [0, 0.05) is 12.5 Å². The second kappa shape index (κ2) is 5.87. The molecule has 1 saturated heterocycles. The first-order valence-corrected chi connectivity index (χ1v) is 7.54. The van der Waals surface area contributed by atoms with Gasteiger partial charge in [0.25, 0.3) is 0 Å². The molecule has 110 valence electrons. The molecule has 7 heteroatoms. The average molecular weight is 278 g/mol. The summed E-state index contributed by atoms with van der Waals surface area (Å²) in [5, 5.41) is 14.9. The Labute approximate surface area is 118 Å². The van der Waals surface area contributed by atoms with Crippen molar-refractivity contribution >= 4 is 5.91 Å². The Bertz CT molecular complexity index is 461. The Hall–Kier alpha value is -1.50. The molecule has 2 fully saturated rings. The van der Waals surface area contributed by atoms with E-state index in [1.807, 2.05) is 11.6 Å². The van der Waals surface area contributed by atoms with Gasteiger partial charge in [-0.1, -0.05) is 0 Å². The summed E-state index contributed by atoms with van der Waals surface area (Å²) in [5.41, 5.74) is 0. The Kier molecular flexibility index (Phi) is 3.95. The first-order valence-electron chi connectivity index (χ1n) is 7.54. The Balaban J connectivity index is 1.51. The van der Waals surface area contributed by atoms with Crippen molar-refractivity contribution in [2.45, 2.75) is 45.2 Å². The zero-order valence-electron chi connectivity index (χ0n) is 12.0. The molecule has 1 aromatic rings. The van der Waals surface area contributed by atoms with Gasteiger partial charge in [-0.05, 0) is 56.1 Å². The number of hydrogen-bond acceptors (Lipinski definition) is 5. The summed E-state index contributed by atoms with van der Waals surface area (Å²) in [5.74, 6) is 1.34. The first kappa shape index (κ1) is 13.5. The Morgan fingerprint density at radius 1 is 1.30 bits per heavy atom. The van der Waals surface area contributed by atoms with Gasteiger partial charge in [0.1, 0.15) is 0 Å². The van der Waals surface area contributed by atoms with Crippen LogP contribution in [-0.4, -0.2) is 50.6 Å². The number of likely N-dealkylation sites (tertiary alicyclic amines) is 1. The number of aromatic nitrogens is 4. The second-order valence-corrected chi connectivity index (χ2v) is 5.72. The van der Waals surface area contributed by atoms with Crippen LogP contribution in [0.25, 0.3) is 0 Å². The molecular weight excluding hydrogens is 256 g/mol. The fourth-order valence-electron chi connectivity index (χ4n) is 2.79. The highest BCUT2D eigenvalue weighted by atomic mass is 16.1. The van der Waals surface area contributed by atoms with Crippen LogP contribution in [0.3, 0.4) is 0 Å². The molecule has 3 rings (SSSR count). The van der Waals surface area contributed by atoms with Crippen LogP contribution in [0.5, 0.6) is 0 Å². The van der Waals surface area contributed by atoms with Gasteiger partial charge in [0.15, 0.2) is 5.82 Å². The third kappa shape index (κ3) is 2.98. The number of amides is 1. The van der Waals surface area contributed by atoms with Gasteiger partial charge in [-0.3, -0.25) is 9.69 Å². The summed E-state index contributed by atoms with van der Waals surface area (Å²) in [6.07, 6.45) is 4.24. The van der Waals surface area contributed by atoms with Crippen molar-refractivity contribution in [3.63, 3.8) is 0 Å². The zero-order valence-corrected chi connectivity index (χ0v) is 12.0. The van der Waals surface area contributed by atoms with Gasteiger partial charge >= 0.3 is 0 Å². The van der Waals surface area contributed by atoms with Crippen molar-refractivity contribution in [3.05, 3.63) is 5.82 Å². The molecule has 2 heterocycles. The Morgan fingerprint density at radius 3 is 2.70 bits per heavy atom. The molecule has 1 aliphatic carbocycles. The van der Waals surface area contributed by atoms with E-state index in [0.29, 0.717) is 6.04 Å². The monoisotopic (exact) mass is 278 g/mol. The van der Waals surface area contributed by atoms with Crippen LogP contribution in [0.4, 0.5) is 0 Å². The van der Waals surface area contributed by atoms with Gasteiger partial charge in [-0.2, -0.15) is 0 Å². The average Bonchev–Trinajstić information content (AvgIpc) is 3.20. The number of carbonyl (C=O) groups excluding carboxylic acids is 1. The van der Waals surface area contributed by atoms with Crippen molar-refractivity contribution in [1.82, 2.24) is 30.4 Å². The highest BCUT2D eigenvalue weighted by molar-refractivity contribution is 5.78. The normalized spacial score (nSPS) is 21.1. The molecule has 0 aromatic carbocycles. The second-order valence-electron chi connectivity index (χ2n) is 5.72. The molecule has 7 nitrogen and oxygen atoms in total. The van der Waals surface area contributed by atoms with Crippen LogP contribution in [0, 0.1) is 5.92 Å². The van der Waals surface area contributed by atoms with Crippen molar-refractivity contribution in [1.29, 1.82) is 0 Å². The van der Waals surface area contributed by atoms with E-state index in [1.54, 1.807) is 0 Å². The van der Waals surface area contributed by atoms with Crippen LogP contribution in [0.15, 0.2) is 0 Å². The molecule has 0 spiro atoms. The fourth-order valence-corrected chi connectivity index (χ4v) is 2.79. The number of nitrogens with one attached hydrogen (secondary N) is 1. The molecule has 0 unspecified atom stereocenters. The van der Waals surface area contributed by atoms with E-state index in [1.165, 1.54) is 12.8 Å². The lowest BCUT2D eigenvalue weighted by atomic mass is 9.96. The smallest absolute Gasteiger partial charge is 0.223 e. The molecule has 20 heavy (non-hydrogen) atoms. The minimum Gasteiger partial charge on any atom is -0.356 e. The van der Waals surface area contributed by atoms with E-state index < -0.39 is 0 Å². The van der Waals surface area contributed by atoms with Gasteiger partial charge < -0.3 is 5.32 Å². The van der Waals surface area contributed by atoms with Crippen molar-refractivity contribution in [3.8, 4) is 0 Å². The van der Waals surface area contributed by atoms with E-state index in [0.717, 1.165) is 44.8 Å². The maximum atomic E-state index is 11.8. The van der Waals surface area contributed by atoms with Crippen LogP contribution in [-0.2, 0) is 11.3 Å². The number of piperidine rings is 1. The third-order valence-corrected chi connectivity index (χ3v) is 4.13. The summed E-state index contributed by atoms with van der Waals surface area (Å²) in [7, 11) is 0. The van der Waals surface area contributed by atoms with E-state index in [-0.39, 0.29) is 11.8 Å². The van der Waals surface area contributed by atoms with Gasteiger partial charge in [-0.25, -0.2) is 4.68 Å². The van der Waals surface area contributed by atoms with Gasteiger partial charge in [0.05, 0.1) is 12.6 Å². The van der Waals surface area contributed by atoms with Crippen molar-refractivity contribution in [2.24, 2.45) is 5.92 Å². The molecule has 0 bridgehead atoms. The molecule has 0 radical (unpaired) electrons. The molecule has 1 amide bonds. The molecule has 2 aliphatic rings. The maximum Gasteiger partial charge on any atom is 0.223 e. The van der Waals surface area contributed by atoms with Crippen LogP contribution in [0.1, 0.15) is 44.5 Å². The summed E-state index contributed by atoms with van der Waals surface area (Å²) in [4.78, 5) is 14.2. The summed E-state index contributed by atoms with van der Waals surface area (Å²) in [6, 6.07) is 0.521. The predicted octanol–water partition coefficient (Wildman–Crippen LogP) is 0.356. The molecular formula is C13H22N6O. The standard InChI is InChI=1S/C13H22N6O/c1-2-14-13(20)10-5-7-18(8-6-10)9-12-15-16-17-19(12)11-3-4-11/h10-11H,2-9H2,1H3,(H,14,20). The topological polar surface area (TPSA) is 75.9 Å². The summed E-state index contributed by atoms with van der Waals surface area (Å²) < 4.78 is 1.97. The third-order valence-electron chi connectivity index (χ3n) is 4.13. The van der Waals surface area contributed by atoms with E-state index in [4.69, 9.17) is 0 Å². The number of nitrogens with zero attached hydrogens (tertiary/aromatic N) is 5.